The Balaban J connectivity index is 2.08. The van der Waals surface area contributed by atoms with E-state index in [0.29, 0.717) is 42.8 Å². The summed E-state index contributed by atoms with van der Waals surface area (Å²) in [6.07, 6.45) is 0. The summed E-state index contributed by atoms with van der Waals surface area (Å²) >= 11 is 6.05. The second-order valence-corrected chi connectivity index (χ2v) is 6.24. The van der Waals surface area contributed by atoms with Crippen LogP contribution in [0.4, 0.5) is 5.69 Å². The van der Waals surface area contributed by atoms with Gasteiger partial charge in [-0.2, -0.15) is 0 Å². The summed E-state index contributed by atoms with van der Waals surface area (Å²) in [6.45, 7) is 5.24. The fourth-order valence-electron chi connectivity index (χ4n) is 2.29. The predicted molar refractivity (Wildman–Crippen MR) is 87.8 cm³/mol. The van der Waals surface area contributed by atoms with Gasteiger partial charge in [0.1, 0.15) is 11.2 Å². The van der Waals surface area contributed by atoms with Gasteiger partial charge in [-0.15, -0.1) is 0 Å². The molecule has 0 saturated carbocycles. The van der Waals surface area contributed by atoms with Gasteiger partial charge in [-0.3, -0.25) is 9.59 Å². The van der Waals surface area contributed by atoms with Crippen LogP contribution >= 0.6 is 11.6 Å². The van der Waals surface area contributed by atoms with Crippen molar-refractivity contribution < 1.29 is 19.1 Å². The molecule has 1 aromatic rings. The van der Waals surface area contributed by atoms with E-state index in [1.54, 1.807) is 36.9 Å². The van der Waals surface area contributed by atoms with Gasteiger partial charge in [0, 0.05) is 18.8 Å². The molecule has 0 aromatic heterocycles. The highest BCUT2D eigenvalue weighted by molar-refractivity contribution is 6.32. The van der Waals surface area contributed by atoms with Crippen LogP contribution in [0.25, 0.3) is 0 Å². The number of nitrogens with zero attached hydrogens (tertiary/aromatic N) is 1. The number of halogens is 1. The van der Waals surface area contributed by atoms with E-state index < -0.39 is 5.41 Å². The molecular formula is C16H21ClN2O4. The lowest BCUT2D eigenvalue weighted by atomic mass is 9.90. The first kappa shape index (κ1) is 17.6. The molecule has 1 fully saturated rings. The molecule has 0 unspecified atom stereocenters. The topological polar surface area (TPSA) is 67.9 Å². The normalized spacial score (nSPS) is 15.2. The standard InChI is InChI=1S/C16H21ClN2O4/c1-16(2,15(21)19-6-8-23-9-7-19)14(20)18-11-4-5-13(22-3)12(17)10-11/h4-5,10H,6-9H2,1-3H3,(H,18,20). The van der Waals surface area contributed by atoms with Crippen molar-refractivity contribution in [2.24, 2.45) is 5.41 Å². The van der Waals surface area contributed by atoms with Crippen molar-refractivity contribution in [2.75, 3.05) is 38.7 Å². The molecule has 1 aliphatic heterocycles. The molecular weight excluding hydrogens is 320 g/mol. The largest absolute Gasteiger partial charge is 0.495 e. The molecule has 1 saturated heterocycles. The average Bonchev–Trinajstić information content (AvgIpc) is 2.55. The van der Waals surface area contributed by atoms with Crippen molar-refractivity contribution in [1.82, 2.24) is 4.90 Å². The molecule has 1 aliphatic rings. The highest BCUT2D eigenvalue weighted by Crippen LogP contribution is 2.29. The van der Waals surface area contributed by atoms with E-state index in [-0.39, 0.29) is 11.8 Å². The molecule has 2 amide bonds. The minimum Gasteiger partial charge on any atom is -0.495 e. The van der Waals surface area contributed by atoms with E-state index in [1.807, 2.05) is 0 Å². The lowest BCUT2D eigenvalue weighted by molar-refractivity contribution is -0.149. The number of carbonyl (C=O) groups excluding carboxylic acids is 2. The number of benzene rings is 1. The molecule has 1 aromatic carbocycles. The van der Waals surface area contributed by atoms with Crippen LogP contribution in [0.1, 0.15) is 13.8 Å². The molecule has 1 heterocycles. The zero-order chi connectivity index (χ0) is 17.0. The first-order chi connectivity index (χ1) is 10.9. The van der Waals surface area contributed by atoms with Crippen molar-refractivity contribution in [3.63, 3.8) is 0 Å². The number of rotatable bonds is 4. The van der Waals surface area contributed by atoms with Crippen molar-refractivity contribution in [3.05, 3.63) is 23.2 Å². The van der Waals surface area contributed by atoms with Gasteiger partial charge in [0.2, 0.25) is 11.8 Å². The average molecular weight is 341 g/mol. The molecule has 0 atom stereocenters. The van der Waals surface area contributed by atoms with Crippen molar-refractivity contribution in [3.8, 4) is 5.75 Å². The maximum absolute atomic E-state index is 12.6. The third kappa shape index (κ3) is 3.95. The van der Waals surface area contributed by atoms with E-state index in [4.69, 9.17) is 21.1 Å². The highest BCUT2D eigenvalue weighted by atomic mass is 35.5. The maximum atomic E-state index is 12.6. The number of hydrogen-bond acceptors (Lipinski definition) is 4. The van der Waals surface area contributed by atoms with Gasteiger partial charge in [0.05, 0.1) is 25.3 Å². The van der Waals surface area contributed by atoms with Crippen molar-refractivity contribution >= 4 is 29.1 Å². The number of nitrogens with one attached hydrogen (secondary N) is 1. The molecule has 6 nitrogen and oxygen atoms in total. The number of carbonyl (C=O) groups is 2. The third-order valence-corrected chi connectivity index (χ3v) is 4.11. The van der Waals surface area contributed by atoms with Gasteiger partial charge in [-0.05, 0) is 32.0 Å². The number of anilines is 1. The lowest BCUT2D eigenvalue weighted by Crippen LogP contribution is -2.51. The van der Waals surface area contributed by atoms with Crippen LogP contribution in [0.15, 0.2) is 18.2 Å². The second kappa shape index (κ2) is 7.19. The van der Waals surface area contributed by atoms with Gasteiger partial charge in [-0.25, -0.2) is 0 Å². The molecule has 0 radical (unpaired) electrons. The Labute approximate surface area is 140 Å². The Bertz CT molecular complexity index is 598. The molecule has 1 N–H and O–H groups in total. The fourth-order valence-corrected chi connectivity index (χ4v) is 2.55. The van der Waals surface area contributed by atoms with Crippen LogP contribution in [0.5, 0.6) is 5.75 Å². The van der Waals surface area contributed by atoms with Gasteiger partial charge in [0.25, 0.3) is 0 Å². The summed E-state index contributed by atoms with van der Waals surface area (Å²) in [6, 6.07) is 4.93. The van der Waals surface area contributed by atoms with E-state index in [2.05, 4.69) is 5.32 Å². The lowest BCUT2D eigenvalue weighted by Gasteiger charge is -2.33. The Hall–Kier alpha value is -1.79. The Morgan fingerprint density at radius 2 is 1.96 bits per heavy atom. The number of morpholine rings is 1. The molecule has 0 spiro atoms. The van der Waals surface area contributed by atoms with Gasteiger partial charge >= 0.3 is 0 Å². The van der Waals surface area contributed by atoms with Gasteiger partial charge in [0.15, 0.2) is 0 Å². The smallest absolute Gasteiger partial charge is 0.239 e. The quantitative estimate of drug-likeness (QED) is 0.853. The SMILES string of the molecule is COc1ccc(NC(=O)C(C)(C)C(=O)N2CCOCC2)cc1Cl. The Kier molecular flexibility index (Phi) is 5.49. The number of methoxy groups -OCH3 is 1. The van der Waals surface area contributed by atoms with E-state index in [1.165, 1.54) is 7.11 Å². The van der Waals surface area contributed by atoms with Crippen molar-refractivity contribution in [2.45, 2.75) is 13.8 Å². The van der Waals surface area contributed by atoms with Crippen LogP contribution in [0, 0.1) is 5.41 Å². The zero-order valence-electron chi connectivity index (χ0n) is 13.5. The number of amides is 2. The van der Waals surface area contributed by atoms with Gasteiger partial charge in [-0.1, -0.05) is 11.6 Å². The molecule has 0 bridgehead atoms. The van der Waals surface area contributed by atoms with E-state index >= 15 is 0 Å². The molecule has 2 rings (SSSR count). The molecule has 23 heavy (non-hydrogen) atoms. The van der Waals surface area contributed by atoms with Crippen LogP contribution in [-0.2, 0) is 14.3 Å². The van der Waals surface area contributed by atoms with Crippen LogP contribution in [0.3, 0.4) is 0 Å². The minimum absolute atomic E-state index is 0.210. The Morgan fingerprint density at radius 1 is 1.30 bits per heavy atom. The van der Waals surface area contributed by atoms with Crippen molar-refractivity contribution in [1.29, 1.82) is 0 Å². The number of ether oxygens (including phenoxy) is 2. The summed E-state index contributed by atoms with van der Waals surface area (Å²) in [5.41, 5.74) is -0.660. The van der Waals surface area contributed by atoms with Crippen LogP contribution < -0.4 is 10.1 Å². The van der Waals surface area contributed by atoms with E-state index in [9.17, 15) is 9.59 Å². The molecule has 7 heteroatoms. The molecule has 126 valence electrons. The first-order valence-corrected chi connectivity index (χ1v) is 7.76. The molecule has 0 aliphatic carbocycles. The second-order valence-electron chi connectivity index (χ2n) is 5.83. The predicted octanol–water partition coefficient (Wildman–Crippen LogP) is 2.17. The first-order valence-electron chi connectivity index (χ1n) is 7.38. The zero-order valence-corrected chi connectivity index (χ0v) is 14.3. The third-order valence-electron chi connectivity index (χ3n) is 3.81. The summed E-state index contributed by atoms with van der Waals surface area (Å²) in [5.74, 6) is -0.0681. The highest BCUT2D eigenvalue weighted by Gasteiger charge is 2.39. The number of hydrogen-bond donors (Lipinski definition) is 1. The van der Waals surface area contributed by atoms with Crippen LogP contribution in [0.2, 0.25) is 5.02 Å². The summed E-state index contributed by atoms with van der Waals surface area (Å²) < 4.78 is 10.3. The minimum atomic E-state index is -1.18. The van der Waals surface area contributed by atoms with Gasteiger partial charge < -0.3 is 19.7 Å². The monoisotopic (exact) mass is 340 g/mol. The van der Waals surface area contributed by atoms with E-state index in [0.717, 1.165) is 0 Å². The van der Waals surface area contributed by atoms with Crippen LogP contribution in [-0.4, -0.2) is 50.1 Å². The summed E-state index contributed by atoms with van der Waals surface area (Å²) in [5, 5.41) is 3.13. The summed E-state index contributed by atoms with van der Waals surface area (Å²) in [7, 11) is 1.52. The maximum Gasteiger partial charge on any atom is 0.239 e. The Morgan fingerprint density at radius 3 is 2.52 bits per heavy atom. The summed E-state index contributed by atoms with van der Waals surface area (Å²) in [4.78, 5) is 26.8. The fraction of sp³-hybridized carbons (Fsp3) is 0.500.